The van der Waals surface area contributed by atoms with Crippen molar-refractivity contribution in [3.63, 3.8) is 0 Å². The molecule has 1 rings (SSSR count). The molecule has 0 aliphatic heterocycles. The van der Waals surface area contributed by atoms with Gasteiger partial charge in [0.1, 0.15) is 0 Å². The molecular formula is C14H27ClN4S. The molecule has 0 saturated heterocycles. The minimum absolute atomic E-state index is 0.272. The molecule has 1 atom stereocenters. The van der Waals surface area contributed by atoms with Crippen molar-refractivity contribution >= 4 is 23.4 Å². The number of hydrogen-bond acceptors (Lipinski definition) is 4. The van der Waals surface area contributed by atoms with Crippen molar-refractivity contribution in [3.05, 3.63) is 16.9 Å². The van der Waals surface area contributed by atoms with Gasteiger partial charge < -0.3 is 10.2 Å². The van der Waals surface area contributed by atoms with Gasteiger partial charge in [0.05, 0.1) is 29.5 Å². The van der Waals surface area contributed by atoms with Crippen molar-refractivity contribution in [2.75, 3.05) is 38.7 Å². The highest BCUT2D eigenvalue weighted by atomic mass is 35.5. The third-order valence-electron chi connectivity index (χ3n) is 3.01. The second kappa shape index (κ2) is 9.66. The fourth-order valence-corrected chi connectivity index (χ4v) is 3.26. The highest BCUT2D eigenvalue weighted by Gasteiger charge is 2.19. The SMILES string of the molecule is CCCSCC(NCC)c1c(Cl)cnn1CCN(C)C. The number of likely N-dealkylation sites (N-methyl/N-ethyl adjacent to an activating group) is 1. The fraction of sp³-hybridized carbons (Fsp3) is 0.786. The van der Waals surface area contributed by atoms with Crippen molar-refractivity contribution < 1.29 is 0 Å². The van der Waals surface area contributed by atoms with E-state index in [4.69, 9.17) is 11.6 Å². The summed E-state index contributed by atoms with van der Waals surface area (Å²) in [6, 6.07) is 0.272. The number of nitrogens with one attached hydrogen (secondary N) is 1. The monoisotopic (exact) mass is 318 g/mol. The fourth-order valence-electron chi connectivity index (χ4n) is 2.02. The Morgan fingerprint density at radius 2 is 2.20 bits per heavy atom. The zero-order valence-electron chi connectivity index (χ0n) is 13.0. The quantitative estimate of drug-likeness (QED) is 0.672. The van der Waals surface area contributed by atoms with Crippen LogP contribution in [-0.4, -0.2) is 53.4 Å². The average molecular weight is 319 g/mol. The van der Waals surface area contributed by atoms with Gasteiger partial charge in [0.2, 0.25) is 0 Å². The van der Waals surface area contributed by atoms with Crippen LogP contribution in [-0.2, 0) is 6.54 Å². The van der Waals surface area contributed by atoms with E-state index in [1.165, 1.54) is 12.2 Å². The Hall–Kier alpha value is -0.230. The molecule has 20 heavy (non-hydrogen) atoms. The summed E-state index contributed by atoms with van der Waals surface area (Å²) in [7, 11) is 4.15. The van der Waals surface area contributed by atoms with E-state index < -0.39 is 0 Å². The van der Waals surface area contributed by atoms with E-state index in [1.54, 1.807) is 6.20 Å². The lowest BCUT2D eigenvalue weighted by molar-refractivity contribution is 0.364. The Morgan fingerprint density at radius 3 is 2.80 bits per heavy atom. The number of hydrogen-bond donors (Lipinski definition) is 1. The molecule has 1 aromatic rings. The largest absolute Gasteiger partial charge is 0.308 e. The Bertz CT molecular complexity index is 381. The third kappa shape index (κ3) is 5.64. The first-order valence-corrected chi connectivity index (χ1v) is 8.80. The van der Waals surface area contributed by atoms with Gasteiger partial charge in [-0.05, 0) is 32.8 Å². The van der Waals surface area contributed by atoms with Crippen LogP contribution in [0.5, 0.6) is 0 Å². The maximum Gasteiger partial charge on any atom is 0.0834 e. The van der Waals surface area contributed by atoms with E-state index in [1.807, 2.05) is 16.4 Å². The Kier molecular flexibility index (Phi) is 8.61. The first kappa shape index (κ1) is 17.8. The smallest absolute Gasteiger partial charge is 0.0834 e. The van der Waals surface area contributed by atoms with Crippen LogP contribution in [0.25, 0.3) is 0 Å². The predicted molar refractivity (Wildman–Crippen MR) is 89.8 cm³/mol. The summed E-state index contributed by atoms with van der Waals surface area (Å²) in [4.78, 5) is 2.16. The molecule has 0 spiro atoms. The van der Waals surface area contributed by atoms with Crippen molar-refractivity contribution in [2.24, 2.45) is 0 Å². The normalized spacial score (nSPS) is 13.1. The van der Waals surface area contributed by atoms with Crippen molar-refractivity contribution in [2.45, 2.75) is 32.9 Å². The average Bonchev–Trinajstić information content (AvgIpc) is 2.77. The van der Waals surface area contributed by atoms with E-state index in [0.29, 0.717) is 0 Å². The molecule has 0 bridgehead atoms. The first-order valence-electron chi connectivity index (χ1n) is 7.27. The topological polar surface area (TPSA) is 33.1 Å². The Balaban J connectivity index is 2.79. The molecule has 0 saturated carbocycles. The minimum atomic E-state index is 0.272. The van der Waals surface area contributed by atoms with Gasteiger partial charge in [0, 0.05) is 12.3 Å². The van der Waals surface area contributed by atoms with Gasteiger partial charge in [0.15, 0.2) is 0 Å². The standard InChI is InChI=1S/C14H27ClN4S/c1-5-9-20-11-13(16-6-2)14-12(15)10-17-19(14)8-7-18(3)4/h10,13,16H,5-9,11H2,1-4H3. The second-order valence-corrected chi connectivity index (χ2v) is 6.65. The van der Waals surface area contributed by atoms with Gasteiger partial charge in [-0.1, -0.05) is 25.4 Å². The summed E-state index contributed by atoms with van der Waals surface area (Å²) >= 11 is 8.33. The highest BCUT2D eigenvalue weighted by Crippen LogP contribution is 2.26. The maximum atomic E-state index is 6.36. The van der Waals surface area contributed by atoms with E-state index in [2.05, 4.69) is 43.3 Å². The lowest BCUT2D eigenvalue weighted by Gasteiger charge is -2.20. The number of halogens is 1. The van der Waals surface area contributed by atoms with Crippen LogP contribution in [0.4, 0.5) is 0 Å². The zero-order valence-corrected chi connectivity index (χ0v) is 14.6. The molecule has 1 heterocycles. The van der Waals surface area contributed by atoms with Gasteiger partial charge in [-0.15, -0.1) is 0 Å². The first-order chi connectivity index (χ1) is 9.60. The second-order valence-electron chi connectivity index (χ2n) is 5.09. The molecule has 0 aliphatic carbocycles. The zero-order chi connectivity index (χ0) is 15.0. The highest BCUT2D eigenvalue weighted by molar-refractivity contribution is 7.99. The van der Waals surface area contributed by atoms with Crippen LogP contribution in [0.3, 0.4) is 0 Å². The van der Waals surface area contributed by atoms with Gasteiger partial charge >= 0.3 is 0 Å². The van der Waals surface area contributed by atoms with Crippen molar-refractivity contribution in [1.82, 2.24) is 20.0 Å². The molecule has 1 aromatic heterocycles. The Morgan fingerprint density at radius 1 is 1.45 bits per heavy atom. The molecule has 4 nitrogen and oxygen atoms in total. The van der Waals surface area contributed by atoms with Crippen LogP contribution >= 0.6 is 23.4 Å². The number of nitrogens with zero attached hydrogens (tertiary/aromatic N) is 3. The summed E-state index contributed by atoms with van der Waals surface area (Å²) in [5, 5.41) is 8.73. The summed E-state index contributed by atoms with van der Waals surface area (Å²) in [5.41, 5.74) is 1.12. The van der Waals surface area contributed by atoms with Gasteiger partial charge in [-0.2, -0.15) is 16.9 Å². The minimum Gasteiger partial charge on any atom is -0.308 e. The number of thioether (sulfide) groups is 1. The van der Waals surface area contributed by atoms with Crippen LogP contribution < -0.4 is 5.32 Å². The van der Waals surface area contributed by atoms with Crippen molar-refractivity contribution in [3.8, 4) is 0 Å². The molecule has 0 aromatic carbocycles. The molecule has 1 N–H and O–H groups in total. The molecule has 0 fully saturated rings. The van der Waals surface area contributed by atoms with E-state index in [0.717, 1.165) is 36.1 Å². The summed E-state index contributed by atoms with van der Waals surface area (Å²) in [6.07, 6.45) is 2.97. The number of rotatable bonds is 10. The van der Waals surface area contributed by atoms with Crippen LogP contribution in [0, 0.1) is 0 Å². The van der Waals surface area contributed by atoms with E-state index >= 15 is 0 Å². The summed E-state index contributed by atoms with van der Waals surface area (Å²) in [5.74, 6) is 2.22. The van der Waals surface area contributed by atoms with Crippen LogP contribution in [0.2, 0.25) is 5.02 Å². The third-order valence-corrected chi connectivity index (χ3v) is 4.56. The van der Waals surface area contributed by atoms with Gasteiger partial charge in [-0.25, -0.2) is 0 Å². The van der Waals surface area contributed by atoms with E-state index in [-0.39, 0.29) is 6.04 Å². The van der Waals surface area contributed by atoms with Gasteiger partial charge in [0.25, 0.3) is 0 Å². The summed E-state index contributed by atoms with van der Waals surface area (Å²) < 4.78 is 2.04. The molecule has 0 amide bonds. The summed E-state index contributed by atoms with van der Waals surface area (Å²) in [6.45, 7) is 7.11. The van der Waals surface area contributed by atoms with Crippen LogP contribution in [0.1, 0.15) is 32.0 Å². The lowest BCUT2D eigenvalue weighted by atomic mass is 10.2. The molecular weight excluding hydrogens is 292 g/mol. The molecule has 0 aliphatic rings. The van der Waals surface area contributed by atoms with Crippen molar-refractivity contribution in [1.29, 1.82) is 0 Å². The lowest BCUT2D eigenvalue weighted by Crippen LogP contribution is -2.28. The molecule has 0 radical (unpaired) electrons. The maximum absolute atomic E-state index is 6.36. The Labute approximate surface area is 132 Å². The van der Waals surface area contributed by atoms with Crippen LogP contribution in [0.15, 0.2) is 6.20 Å². The molecule has 1 unspecified atom stereocenters. The molecule has 116 valence electrons. The predicted octanol–water partition coefficient (Wildman–Crippen LogP) is 2.89. The molecule has 6 heteroatoms. The number of aromatic nitrogens is 2. The van der Waals surface area contributed by atoms with E-state index in [9.17, 15) is 0 Å². The van der Waals surface area contributed by atoms with Gasteiger partial charge in [-0.3, -0.25) is 4.68 Å².